The van der Waals surface area contributed by atoms with E-state index in [1.807, 2.05) is 0 Å². The van der Waals surface area contributed by atoms with E-state index < -0.39 is 32.6 Å². The van der Waals surface area contributed by atoms with Crippen LogP contribution in [0.2, 0.25) is 0 Å². The van der Waals surface area contributed by atoms with E-state index in [0.717, 1.165) is 18.2 Å². The Labute approximate surface area is 171 Å². The second kappa shape index (κ2) is 7.83. The molecule has 0 unspecified atom stereocenters. The van der Waals surface area contributed by atoms with Crippen LogP contribution >= 0.6 is 47.8 Å². The van der Waals surface area contributed by atoms with Crippen LogP contribution in [-0.4, -0.2) is 12.4 Å². The molecule has 2 aromatic carbocycles. The van der Waals surface area contributed by atoms with Crippen molar-refractivity contribution in [3.8, 4) is 0 Å². The highest BCUT2D eigenvalue weighted by atomic mass is 79.9. The standard InChI is InChI=1S/C17H11Br3F6/c18-9-10-5-7-11(8-6-10)15(16(21,22)23,17(24,25)26)13-4-2-1-3-12(13)14(19)20/h1-8,14H,9H2. The van der Waals surface area contributed by atoms with Crippen LogP contribution in [0.5, 0.6) is 0 Å². The lowest BCUT2D eigenvalue weighted by Gasteiger charge is -2.39. The number of rotatable bonds is 4. The van der Waals surface area contributed by atoms with Crippen LogP contribution in [0.3, 0.4) is 0 Å². The molecule has 0 atom stereocenters. The van der Waals surface area contributed by atoms with Gasteiger partial charge in [0.2, 0.25) is 5.41 Å². The molecule has 0 fully saturated rings. The maximum Gasteiger partial charge on any atom is 0.411 e. The molecule has 26 heavy (non-hydrogen) atoms. The van der Waals surface area contributed by atoms with Gasteiger partial charge in [0.05, 0.1) is 3.74 Å². The second-order valence-corrected chi connectivity index (χ2v) is 9.08. The van der Waals surface area contributed by atoms with Crippen molar-refractivity contribution < 1.29 is 26.3 Å². The molecule has 0 aliphatic rings. The Balaban J connectivity index is 2.95. The molecule has 0 saturated heterocycles. The van der Waals surface area contributed by atoms with Crippen LogP contribution < -0.4 is 0 Å². The van der Waals surface area contributed by atoms with Gasteiger partial charge in [0.1, 0.15) is 0 Å². The molecule has 0 spiro atoms. The zero-order valence-electron chi connectivity index (χ0n) is 12.8. The van der Waals surface area contributed by atoms with E-state index in [2.05, 4.69) is 47.8 Å². The lowest BCUT2D eigenvalue weighted by atomic mass is 9.71. The zero-order chi connectivity index (χ0) is 19.8. The van der Waals surface area contributed by atoms with Crippen LogP contribution in [-0.2, 0) is 10.7 Å². The van der Waals surface area contributed by atoms with E-state index in [4.69, 9.17) is 0 Å². The predicted molar refractivity (Wildman–Crippen MR) is 99.0 cm³/mol. The fraction of sp³-hybridized carbons (Fsp3) is 0.294. The van der Waals surface area contributed by atoms with Crippen LogP contribution in [0, 0.1) is 0 Å². The molecule has 0 radical (unpaired) electrons. The lowest BCUT2D eigenvalue weighted by molar-refractivity contribution is -0.288. The van der Waals surface area contributed by atoms with Crippen molar-refractivity contribution >= 4 is 47.8 Å². The predicted octanol–water partition coefficient (Wildman–Crippen LogP) is 7.78. The average molecular weight is 569 g/mol. The summed E-state index contributed by atoms with van der Waals surface area (Å²) in [6.07, 6.45) is -11.2. The molecule has 2 rings (SSSR count). The molecular formula is C17H11Br3F6. The van der Waals surface area contributed by atoms with E-state index in [1.54, 1.807) is 0 Å². The summed E-state index contributed by atoms with van der Waals surface area (Å²) in [4.78, 5) is 0. The van der Waals surface area contributed by atoms with Crippen molar-refractivity contribution in [2.75, 3.05) is 0 Å². The molecule has 0 aliphatic heterocycles. The number of alkyl halides is 9. The second-order valence-electron chi connectivity index (χ2n) is 5.46. The number of benzene rings is 2. The lowest BCUT2D eigenvalue weighted by Crippen LogP contribution is -2.55. The molecule has 142 valence electrons. The molecule has 0 amide bonds. The summed E-state index contributed by atoms with van der Waals surface area (Å²) in [5.41, 5.74) is -5.48. The van der Waals surface area contributed by atoms with Crippen molar-refractivity contribution in [3.63, 3.8) is 0 Å². The van der Waals surface area contributed by atoms with Gasteiger partial charge in [-0.3, -0.25) is 0 Å². The normalized spacial score (nSPS) is 13.3. The number of hydrogen-bond donors (Lipinski definition) is 0. The highest BCUT2D eigenvalue weighted by Crippen LogP contribution is 2.58. The minimum Gasteiger partial charge on any atom is -0.169 e. The Morgan fingerprint density at radius 1 is 0.769 bits per heavy atom. The van der Waals surface area contributed by atoms with E-state index in [9.17, 15) is 26.3 Å². The molecule has 0 saturated carbocycles. The van der Waals surface area contributed by atoms with Crippen LogP contribution in [0.25, 0.3) is 0 Å². The first kappa shape index (κ1) is 21.8. The van der Waals surface area contributed by atoms with Gasteiger partial charge in [-0.2, -0.15) is 26.3 Å². The largest absolute Gasteiger partial charge is 0.411 e. The first-order chi connectivity index (χ1) is 12.0. The van der Waals surface area contributed by atoms with Gasteiger partial charge in [0.15, 0.2) is 0 Å². The minimum atomic E-state index is -5.60. The van der Waals surface area contributed by atoms with Gasteiger partial charge in [0.25, 0.3) is 0 Å². The van der Waals surface area contributed by atoms with Crippen molar-refractivity contribution in [2.24, 2.45) is 0 Å². The molecule has 0 nitrogen and oxygen atoms in total. The Kier molecular flexibility index (Phi) is 6.55. The minimum absolute atomic E-state index is 0.147. The van der Waals surface area contributed by atoms with Gasteiger partial charge in [-0.05, 0) is 22.3 Å². The molecule has 0 bridgehead atoms. The summed E-state index contributed by atoms with van der Waals surface area (Å²) in [6.45, 7) is 0. The maximum atomic E-state index is 14.1. The summed E-state index contributed by atoms with van der Waals surface area (Å²) in [7, 11) is 0. The van der Waals surface area contributed by atoms with E-state index >= 15 is 0 Å². The SMILES string of the molecule is FC(F)(F)C(c1ccc(CBr)cc1)(c1ccccc1C(Br)Br)C(F)(F)F. The quantitative estimate of drug-likeness (QED) is 0.261. The Hall–Kier alpha value is -0.540. The molecule has 9 heteroatoms. The monoisotopic (exact) mass is 566 g/mol. The van der Waals surface area contributed by atoms with Crippen LogP contribution in [0.1, 0.15) is 26.0 Å². The van der Waals surface area contributed by atoms with E-state index in [0.29, 0.717) is 10.9 Å². The molecule has 0 N–H and O–H groups in total. The molecule has 0 heterocycles. The third-order valence-electron chi connectivity index (χ3n) is 3.99. The summed E-state index contributed by atoms with van der Waals surface area (Å²) in [5, 5.41) is 0.319. The first-order valence-corrected chi connectivity index (χ1v) is 10.1. The van der Waals surface area contributed by atoms with Crippen molar-refractivity contribution in [1.82, 2.24) is 0 Å². The van der Waals surface area contributed by atoms with Gasteiger partial charge in [-0.1, -0.05) is 96.3 Å². The molecule has 0 aliphatic carbocycles. The summed E-state index contributed by atoms with van der Waals surface area (Å²) < 4.78 is 83.8. The molecular weight excluding hydrogens is 558 g/mol. The third kappa shape index (κ3) is 3.71. The topological polar surface area (TPSA) is 0 Å². The molecule has 2 aromatic rings. The Morgan fingerprint density at radius 3 is 1.69 bits per heavy atom. The van der Waals surface area contributed by atoms with Crippen molar-refractivity contribution in [1.29, 1.82) is 0 Å². The molecule has 0 aromatic heterocycles. The van der Waals surface area contributed by atoms with Crippen LogP contribution in [0.4, 0.5) is 26.3 Å². The highest BCUT2D eigenvalue weighted by molar-refractivity contribution is 9.24. The van der Waals surface area contributed by atoms with E-state index in [-0.39, 0.29) is 5.56 Å². The van der Waals surface area contributed by atoms with Gasteiger partial charge in [0, 0.05) is 5.33 Å². The Bertz CT molecular complexity index is 736. The highest BCUT2D eigenvalue weighted by Gasteiger charge is 2.73. The third-order valence-corrected chi connectivity index (χ3v) is 5.63. The number of halogens is 9. The average Bonchev–Trinajstić information content (AvgIpc) is 2.53. The van der Waals surface area contributed by atoms with Crippen molar-refractivity contribution in [3.05, 3.63) is 70.8 Å². The summed E-state index contributed by atoms with van der Waals surface area (Å²) in [6, 6.07) is 8.90. The Morgan fingerprint density at radius 2 is 1.27 bits per heavy atom. The van der Waals surface area contributed by atoms with Gasteiger partial charge < -0.3 is 0 Å². The fourth-order valence-corrected chi connectivity index (χ4v) is 3.99. The zero-order valence-corrected chi connectivity index (χ0v) is 17.6. The van der Waals surface area contributed by atoms with Gasteiger partial charge in [-0.25, -0.2) is 0 Å². The first-order valence-electron chi connectivity index (χ1n) is 7.13. The van der Waals surface area contributed by atoms with Gasteiger partial charge in [-0.15, -0.1) is 0 Å². The summed E-state index contributed by atoms with van der Waals surface area (Å²) >= 11 is 9.19. The number of hydrogen-bond acceptors (Lipinski definition) is 0. The smallest absolute Gasteiger partial charge is 0.169 e. The maximum absolute atomic E-state index is 14.1. The summed E-state index contributed by atoms with van der Waals surface area (Å²) in [5.74, 6) is 0. The van der Waals surface area contributed by atoms with E-state index in [1.165, 1.54) is 30.3 Å². The van der Waals surface area contributed by atoms with Gasteiger partial charge >= 0.3 is 12.4 Å². The van der Waals surface area contributed by atoms with Crippen LogP contribution in [0.15, 0.2) is 48.5 Å². The van der Waals surface area contributed by atoms with Crippen molar-refractivity contribution in [2.45, 2.75) is 26.8 Å². The fourth-order valence-electron chi connectivity index (χ4n) is 2.82.